The first-order valence-electron chi connectivity index (χ1n) is 7.16. The molecule has 0 aromatic heterocycles. The molecule has 1 rings (SSSR count). The number of ether oxygens (including phenoxy) is 2. The van der Waals surface area contributed by atoms with Crippen molar-refractivity contribution in [2.45, 2.75) is 40.2 Å². The van der Waals surface area contributed by atoms with Crippen molar-refractivity contribution in [2.24, 2.45) is 0 Å². The average Bonchev–Trinajstić information content (AvgIpc) is 2.38. The first-order valence-corrected chi connectivity index (χ1v) is 7.16. The second-order valence-corrected chi connectivity index (χ2v) is 4.95. The molecular formula is C16H27NO2. The summed E-state index contributed by atoms with van der Waals surface area (Å²) >= 11 is 0. The highest BCUT2D eigenvalue weighted by Gasteiger charge is 2.06. The molecule has 1 unspecified atom stereocenters. The third-order valence-corrected chi connectivity index (χ3v) is 2.95. The molecule has 0 spiro atoms. The molecule has 0 saturated heterocycles. The SMILES string of the molecule is CCOCCCNCC(C)Oc1cc(C)ccc1C. The second-order valence-electron chi connectivity index (χ2n) is 4.95. The van der Waals surface area contributed by atoms with Gasteiger partial charge in [0.25, 0.3) is 0 Å². The highest BCUT2D eigenvalue weighted by molar-refractivity contribution is 5.36. The molecule has 3 nitrogen and oxygen atoms in total. The van der Waals surface area contributed by atoms with Crippen LogP contribution in [0.2, 0.25) is 0 Å². The Morgan fingerprint density at radius 2 is 2.05 bits per heavy atom. The monoisotopic (exact) mass is 265 g/mol. The zero-order chi connectivity index (χ0) is 14.1. The Morgan fingerprint density at radius 1 is 1.26 bits per heavy atom. The normalized spacial score (nSPS) is 12.4. The molecule has 0 saturated carbocycles. The number of hydrogen-bond donors (Lipinski definition) is 1. The summed E-state index contributed by atoms with van der Waals surface area (Å²) in [5.41, 5.74) is 2.42. The van der Waals surface area contributed by atoms with E-state index in [1.165, 1.54) is 11.1 Å². The molecule has 1 N–H and O–H groups in total. The maximum atomic E-state index is 5.96. The van der Waals surface area contributed by atoms with Crippen molar-refractivity contribution in [1.82, 2.24) is 5.32 Å². The third kappa shape index (κ3) is 6.60. The van der Waals surface area contributed by atoms with Crippen LogP contribution in [0.3, 0.4) is 0 Å². The van der Waals surface area contributed by atoms with Gasteiger partial charge in [0.2, 0.25) is 0 Å². The van der Waals surface area contributed by atoms with E-state index in [2.05, 4.69) is 44.3 Å². The van der Waals surface area contributed by atoms with Gasteiger partial charge in [-0.2, -0.15) is 0 Å². The van der Waals surface area contributed by atoms with E-state index in [4.69, 9.17) is 9.47 Å². The molecule has 0 aliphatic carbocycles. The van der Waals surface area contributed by atoms with Gasteiger partial charge in [-0.1, -0.05) is 12.1 Å². The minimum atomic E-state index is 0.174. The lowest BCUT2D eigenvalue weighted by atomic mass is 10.1. The standard InChI is InChI=1S/C16H27NO2/c1-5-18-10-6-9-17-12-15(4)19-16-11-13(2)7-8-14(16)3/h7-8,11,15,17H,5-6,9-10,12H2,1-4H3. The quantitative estimate of drug-likeness (QED) is 0.696. The summed E-state index contributed by atoms with van der Waals surface area (Å²) in [6.07, 6.45) is 1.22. The predicted molar refractivity (Wildman–Crippen MR) is 80.0 cm³/mol. The first-order chi connectivity index (χ1) is 9.13. The Labute approximate surface area is 117 Å². The van der Waals surface area contributed by atoms with Crippen LogP contribution in [-0.2, 0) is 4.74 Å². The minimum absolute atomic E-state index is 0.174. The van der Waals surface area contributed by atoms with Crippen molar-refractivity contribution < 1.29 is 9.47 Å². The van der Waals surface area contributed by atoms with Gasteiger partial charge in [0.15, 0.2) is 0 Å². The lowest BCUT2D eigenvalue weighted by Crippen LogP contribution is -2.30. The molecule has 1 atom stereocenters. The Balaban J connectivity index is 2.23. The van der Waals surface area contributed by atoms with Crippen LogP contribution in [0.1, 0.15) is 31.4 Å². The van der Waals surface area contributed by atoms with Gasteiger partial charge in [-0.15, -0.1) is 0 Å². The van der Waals surface area contributed by atoms with E-state index in [9.17, 15) is 0 Å². The zero-order valence-corrected chi connectivity index (χ0v) is 12.7. The number of nitrogens with one attached hydrogen (secondary N) is 1. The molecule has 0 amide bonds. The summed E-state index contributed by atoms with van der Waals surface area (Å²) < 4.78 is 11.3. The summed E-state index contributed by atoms with van der Waals surface area (Å²) in [5.74, 6) is 0.989. The van der Waals surface area contributed by atoms with Crippen molar-refractivity contribution in [3.8, 4) is 5.75 Å². The molecule has 0 aliphatic rings. The summed E-state index contributed by atoms with van der Waals surface area (Å²) in [4.78, 5) is 0. The lowest BCUT2D eigenvalue weighted by molar-refractivity contribution is 0.143. The predicted octanol–water partition coefficient (Wildman–Crippen LogP) is 3.09. The van der Waals surface area contributed by atoms with Gasteiger partial charge in [-0.3, -0.25) is 0 Å². The van der Waals surface area contributed by atoms with E-state index >= 15 is 0 Å². The van der Waals surface area contributed by atoms with E-state index in [1.807, 2.05) is 6.92 Å². The minimum Gasteiger partial charge on any atom is -0.489 e. The highest BCUT2D eigenvalue weighted by atomic mass is 16.5. The molecule has 0 heterocycles. The molecule has 3 heteroatoms. The van der Waals surface area contributed by atoms with Gasteiger partial charge in [0.05, 0.1) is 0 Å². The summed E-state index contributed by atoms with van der Waals surface area (Å²) in [7, 11) is 0. The maximum Gasteiger partial charge on any atom is 0.122 e. The van der Waals surface area contributed by atoms with Gasteiger partial charge in [0, 0.05) is 19.8 Å². The third-order valence-electron chi connectivity index (χ3n) is 2.95. The number of aryl methyl sites for hydroxylation is 2. The van der Waals surface area contributed by atoms with Crippen molar-refractivity contribution in [1.29, 1.82) is 0 Å². The van der Waals surface area contributed by atoms with E-state index in [-0.39, 0.29) is 6.10 Å². The van der Waals surface area contributed by atoms with Crippen molar-refractivity contribution in [3.63, 3.8) is 0 Å². The first kappa shape index (κ1) is 16.0. The fourth-order valence-electron chi connectivity index (χ4n) is 1.84. The van der Waals surface area contributed by atoms with Gasteiger partial charge >= 0.3 is 0 Å². The van der Waals surface area contributed by atoms with E-state index in [0.29, 0.717) is 0 Å². The second kappa shape index (κ2) is 8.94. The van der Waals surface area contributed by atoms with Crippen molar-refractivity contribution in [3.05, 3.63) is 29.3 Å². The molecular weight excluding hydrogens is 238 g/mol. The van der Waals surface area contributed by atoms with Crippen LogP contribution >= 0.6 is 0 Å². The molecule has 0 bridgehead atoms. The Kier molecular flexibility index (Phi) is 7.53. The van der Waals surface area contributed by atoms with Crippen LogP contribution in [0.25, 0.3) is 0 Å². The smallest absolute Gasteiger partial charge is 0.122 e. The maximum absolute atomic E-state index is 5.96. The fourth-order valence-corrected chi connectivity index (χ4v) is 1.84. The molecule has 19 heavy (non-hydrogen) atoms. The van der Waals surface area contributed by atoms with Crippen LogP contribution in [0.15, 0.2) is 18.2 Å². The average molecular weight is 265 g/mol. The number of benzene rings is 1. The van der Waals surface area contributed by atoms with Gasteiger partial charge in [0.1, 0.15) is 11.9 Å². The van der Waals surface area contributed by atoms with Crippen LogP contribution in [0, 0.1) is 13.8 Å². The lowest BCUT2D eigenvalue weighted by Gasteiger charge is -2.17. The molecule has 0 fully saturated rings. The summed E-state index contributed by atoms with van der Waals surface area (Å²) in [5, 5.41) is 3.39. The van der Waals surface area contributed by atoms with E-state index in [0.717, 1.165) is 38.5 Å². The van der Waals surface area contributed by atoms with E-state index < -0.39 is 0 Å². The number of rotatable bonds is 9. The van der Waals surface area contributed by atoms with Crippen LogP contribution in [0.5, 0.6) is 5.75 Å². The zero-order valence-electron chi connectivity index (χ0n) is 12.7. The number of hydrogen-bond acceptors (Lipinski definition) is 3. The summed E-state index contributed by atoms with van der Waals surface area (Å²) in [6, 6.07) is 6.31. The summed E-state index contributed by atoms with van der Waals surface area (Å²) in [6.45, 7) is 11.7. The van der Waals surface area contributed by atoms with Crippen LogP contribution < -0.4 is 10.1 Å². The van der Waals surface area contributed by atoms with Gasteiger partial charge in [-0.25, -0.2) is 0 Å². The van der Waals surface area contributed by atoms with Gasteiger partial charge < -0.3 is 14.8 Å². The van der Waals surface area contributed by atoms with E-state index in [1.54, 1.807) is 0 Å². The molecule has 108 valence electrons. The van der Waals surface area contributed by atoms with Gasteiger partial charge in [-0.05, 0) is 57.9 Å². The Hall–Kier alpha value is -1.06. The molecule has 0 aliphatic heterocycles. The van der Waals surface area contributed by atoms with Crippen molar-refractivity contribution >= 4 is 0 Å². The molecule has 1 aromatic carbocycles. The largest absolute Gasteiger partial charge is 0.489 e. The topological polar surface area (TPSA) is 30.5 Å². The Morgan fingerprint density at radius 3 is 2.79 bits per heavy atom. The Bertz CT molecular complexity index is 366. The van der Waals surface area contributed by atoms with Crippen LogP contribution in [-0.4, -0.2) is 32.4 Å². The molecule has 1 aromatic rings. The van der Waals surface area contributed by atoms with Crippen LogP contribution in [0.4, 0.5) is 0 Å². The highest BCUT2D eigenvalue weighted by Crippen LogP contribution is 2.20. The fraction of sp³-hybridized carbons (Fsp3) is 0.625. The molecule has 0 radical (unpaired) electrons. The van der Waals surface area contributed by atoms with Crippen molar-refractivity contribution in [2.75, 3.05) is 26.3 Å².